The zero-order valence-corrected chi connectivity index (χ0v) is 17.9. The Hall–Kier alpha value is -3.26. The summed E-state index contributed by atoms with van der Waals surface area (Å²) in [5.74, 6) is 0.386. The Kier molecular flexibility index (Phi) is 6.47. The number of hydrogen-bond donors (Lipinski definition) is 1. The number of methoxy groups -OCH3 is 2. The Morgan fingerprint density at radius 2 is 1.73 bits per heavy atom. The van der Waals surface area contributed by atoms with Crippen molar-refractivity contribution in [1.29, 1.82) is 0 Å². The molecule has 0 spiro atoms. The van der Waals surface area contributed by atoms with Gasteiger partial charge in [-0.2, -0.15) is 0 Å². The quantitative estimate of drug-likeness (QED) is 0.596. The molecule has 0 fully saturated rings. The Bertz CT molecular complexity index is 1160. The Balaban J connectivity index is 1.80. The molecule has 0 atom stereocenters. The van der Waals surface area contributed by atoms with E-state index >= 15 is 0 Å². The minimum absolute atomic E-state index is 0.265. The molecule has 0 heterocycles. The normalized spacial score (nSPS) is 11.2. The molecule has 1 amide bonds. The van der Waals surface area contributed by atoms with Crippen LogP contribution in [0.4, 0.5) is 5.69 Å². The fourth-order valence-corrected chi connectivity index (χ4v) is 4.06. The number of sulfonamides is 1. The molecule has 3 aromatic rings. The van der Waals surface area contributed by atoms with Crippen LogP contribution in [0.5, 0.6) is 11.5 Å². The van der Waals surface area contributed by atoms with Gasteiger partial charge < -0.3 is 14.8 Å². The Morgan fingerprint density at radius 3 is 2.43 bits per heavy atom. The van der Waals surface area contributed by atoms with Gasteiger partial charge in [0.2, 0.25) is 15.9 Å². The number of amides is 1. The van der Waals surface area contributed by atoms with Gasteiger partial charge in [-0.1, -0.05) is 42.5 Å². The van der Waals surface area contributed by atoms with E-state index in [-0.39, 0.29) is 18.8 Å². The van der Waals surface area contributed by atoms with E-state index in [1.54, 1.807) is 18.2 Å². The summed E-state index contributed by atoms with van der Waals surface area (Å²) in [6.45, 7) is -0.0795. The van der Waals surface area contributed by atoms with Gasteiger partial charge in [0.05, 0.1) is 26.2 Å². The number of ether oxygens (including phenoxy) is 2. The fourth-order valence-electron chi connectivity index (χ4n) is 3.20. The van der Waals surface area contributed by atoms with Crippen LogP contribution in [0.25, 0.3) is 10.8 Å². The molecule has 3 rings (SSSR count). The number of nitrogens with one attached hydrogen (secondary N) is 1. The van der Waals surface area contributed by atoms with Gasteiger partial charge >= 0.3 is 0 Å². The zero-order chi connectivity index (χ0) is 21.7. The molecule has 0 aliphatic rings. The highest BCUT2D eigenvalue weighted by atomic mass is 32.2. The lowest BCUT2D eigenvalue weighted by molar-refractivity contribution is -0.119. The molecule has 0 radical (unpaired) electrons. The topological polar surface area (TPSA) is 84.9 Å². The number of carbonyl (C=O) groups is 1. The highest BCUT2D eigenvalue weighted by Gasteiger charge is 2.24. The van der Waals surface area contributed by atoms with Crippen LogP contribution in [0.2, 0.25) is 0 Å². The van der Waals surface area contributed by atoms with Crippen molar-refractivity contribution in [3.05, 3.63) is 66.2 Å². The van der Waals surface area contributed by atoms with Crippen molar-refractivity contribution in [2.75, 3.05) is 31.3 Å². The number of benzene rings is 3. The predicted molar refractivity (Wildman–Crippen MR) is 118 cm³/mol. The van der Waals surface area contributed by atoms with Crippen LogP contribution in [0.1, 0.15) is 5.56 Å². The SMILES string of the molecule is COc1ccc(N(CC(=O)NCc2cccc3ccccc23)S(C)(=O)=O)c(OC)c1. The van der Waals surface area contributed by atoms with Crippen molar-refractivity contribution in [3.63, 3.8) is 0 Å². The first-order valence-corrected chi connectivity index (χ1v) is 11.1. The maximum atomic E-state index is 12.6. The smallest absolute Gasteiger partial charge is 0.241 e. The van der Waals surface area contributed by atoms with E-state index < -0.39 is 15.9 Å². The average molecular weight is 429 g/mol. The minimum atomic E-state index is -3.73. The molecule has 30 heavy (non-hydrogen) atoms. The molecular weight excluding hydrogens is 404 g/mol. The molecule has 0 bridgehead atoms. The second-order valence-electron chi connectivity index (χ2n) is 6.72. The number of anilines is 1. The first-order chi connectivity index (χ1) is 14.3. The molecule has 3 aromatic carbocycles. The van der Waals surface area contributed by atoms with Crippen LogP contribution in [0.3, 0.4) is 0 Å². The predicted octanol–water partition coefficient (Wildman–Crippen LogP) is 2.94. The molecule has 0 unspecified atom stereocenters. The molecule has 1 N–H and O–H groups in total. The van der Waals surface area contributed by atoms with E-state index in [2.05, 4.69) is 5.32 Å². The van der Waals surface area contributed by atoms with Crippen molar-refractivity contribution in [2.24, 2.45) is 0 Å². The van der Waals surface area contributed by atoms with E-state index in [1.165, 1.54) is 14.2 Å². The van der Waals surface area contributed by atoms with Crippen LogP contribution in [0, 0.1) is 0 Å². The summed E-state index contributed by atoms with van der Waals surface area (Å²) in [7, 11) is -0.798. The number of nitrogens with zero attached hydrogens (tertiary/aromatic N) is 1. The van der Waals surface area contributed by atoms with Gasteiger partial charge in [0, 0.05) is 12.6 Å². The lowest BCUT2D eigenvalue weighted by Crippen LogP contribution is -2.40. The van der Waals surface area contributed by atoms with Crippen molar-refractivity contribution in [1.82, 2.24) is 5.32 Å². The van der Waals surface area contributed by atoms with E-state index in [9.17, 15) is 13.2 Å². The lowest BCUT2D eigenvalue weighted by Gasteiger charge is -2.24. The van der Waals surface area contributed by atoms with Gasteiger partial charge in [-0.3, -0.25) is 9.10 Å². The first-order valence-electron chi connectivity index (χ1n) is 9.26. The molecule has 0 saturated carbocycles. The monoisotopic (exact) mass is 428 g/mol. The van der Waals surface area contributed by atoms with E-state index in [0.29, 0.717) is 11.5 Å². The van der Waals surface area contributed by atoms with Crippen LogP contribution < -0.4 is 19.1 Å². The van der Waals surface area contributed by atoms with Crippen LogP contribution >= 0.6 is 0 Å². The van der Waals surface area contributed by atoms with E-state index in [4.69, 9.17) is 9.47 Å². The minimum Gasteiger partial charge on any atom is -0.497 e. The molecule has 0 aliphatic heterocycles. The van der Waals surface area contributed by atoms with Crippen molar-refractivity contribution < 1.29 is 22.7 Å². The highest BCUT2D eigenvalue weighted by Crippen LogP contribution is 2.33. The molecule has 158 valence electrons. The van der Waals surface area contributed by atoms with Gasteiger partial charge in [0.25, 0.3) is 0 Å². The van der Waals surface area contributed by atoms with Crippen LogP contribution in [-0.2, 0) is 21.4 Å². The van der Waals surface area contributed by atoms with Crippen molar-refractivity contribution in [3.8, 4) is 11.5 Å². The number of carbonyl (C=O) groups excluding carboxylic acids is 1. The largest absolute Gasteiger partial charge is 0.497 e. The van der Waals surface area contributed by atoms with Gasteiger partial charge in [0.15, 0.2) is 0 Å². The standard InChI is InChI=1S/C22H24N2O5S/c1-28-18-11-12-20(21(13-18)29-2)24(30(3,26)27)15-22(25)23-14-17-9-6-8-16-7-4-5-10-19(16)17/h4-13H,14-15H2,1-3H3,(H,23,25). The third-order valence-electron chi connectivity index (χ3n) is 4.70. The van der Waals surface area contributed by atoms with Crippen LogP contribution in [0.15, 0.2) is 60.7 Å². The van der Waals surface area contributed by atoms with Gasteiger partial charge in [-0.05, 0) is 28.5 Å². The molecule has 0 aromatic heterocycles. The van der Waals surface area contributed by atoms with Gasteiger partial charge in [0.1, 0.15) is 18.0 Å². The van der Waals surface area contributed by atoms with E-state index in [0.717, 1.165) is 26.9 Å². The Labute approximate surface area is 176 Å². The molecule has 8 heteroatoms. The average Bonchev–Trinajstić information content (AvgIpc) is 2.74. The van der Waals surface area contributed by atoms with Gasteiger partial charge in [-0.15, -0.1) is 0 Å². The summed E-state index contributed by atoms with van der Waals surface area (Å²) in [6, 6.07) is 18.5. The lowest BCUT2D eigenvalue weighted by atomic mass is 10.0. The van der Waals surface area contributed by atoms with Gasteiger partial charge in [-0.25, -0.2) is 8.42 Å². The second kappa shape index (κ2) is 9.04. The molecule has 7 nitrogen and oxygen atoms in total. The summed E-state index contributed by atoms with van der Waals surface area (Å²) >= 11 is 0. The number of rotatable bonds is 8. The summed E-state index contributed by atoms with van der Waals surface area (Å²) in [5.41, 5.74) is 1.22. The third-order valence-corrected chi connectivity index (χ3v) is 5.83. The first kappa shape index (κ1) is 21.4. The zero-order valence-electron chi connectivity index (χ0n) is 17.1. The molecule has 0 aliphatic carbocycles. The third kappa shape index (κ3) is 4.83. The van der Waals surface area contributed by atoms with Crippen molar-refractivity contribution >= 4 is 32.4 Å². The molecular formula is C22H24N2O5S. The summed E-state index contributed by atoms with van der Waals surface area (Å²) in [4.78, 5) is 12.6. The summed E-state index contributed by atoms with van der Waals surface area (Å²) < 4.78 is 36.3. The summed E-state index contributed by atoms with van der Waals surface area (Å²) in [6.07, 6.45) is 1.05. The van der Waals surface area contributed by atoms with Crippen molar-refractivity contribution in [2.45, 2.75) is 6.54 Å². The highest BCUT2D eigenvalue weighted by molar-refractivity contribution is 7.92. The maximum Gasteiger partial charge on any atom is 0.241 e. The second-order valence-corrected chi connectivity index (χ2v) is 8.63. The van der Waals surface area contributed by atoms with E-state index in [1.807, 2.05) is 42.5 Å². The fraction of sp³-hybridized carbons (Fsp3) is 0.227. The number of fused-ring (bicyclic) bond motifs is 1. The number of hydrogen-bond acceptors (Lipinski definition) is 5. The summed E-state index contributed by atoms with van der Waals surface area (Å²) in [5, 5.41) is 4.93. The molecule has 0 saturated heterocycles. The maximum absolute atomic E-state index is 12.6. The van der Waals surface area contributed by atoms with Crippen LogP contribution in [-0.4, -0.2) is 41.3 Å². The Morgan fingerprint density at radius 1 is 1.00 bits per heavy atom.